The van der Waals surface area contributed by atoms with E-state index in [9.17, 15) is 18.0 Å². The van der Waals surface area contributed by atoms with E-state index < -0.39 is 18.5 Å². The van der Waals surface area contributed by atoms with Gasteiger partial charge in [-0.25, -0.2) is 0 Å². The van der Waals surface area contributed by atoms with Gasteiger partial charge in [-0.3, -0.25) is 4.79 Å². The molecule has 1 aliphatic heterocycles. The molecule has 16 heavy (non-hydrogen) atoms. The van der Waals surface area contributed by atoms with Gasteiger partial charge in [0.2, 0.25) is 5.91 Å². The molecule has 2 N–H and O–H groups in total. The molecule has 1 rings (SSSR count). The highest BCUT2D eigenvalue weighted by atomic mass is 19.4. The van der Waals surface area contributed by atoms with Crippen molar-refractivity contribution in [2.75, 3.05) is 13.1 Å². The summed E-state index contributed by atoms with van der Waals surface area (Å²) in [5, 5.41) is 0. The Hall–Kier alpha value is -0.780. The molecule has 1 fully saturated rings. The van der Waals surface area contributed by atoms with Gasteiger partial charge >= 0.3 is 6.18 Å². The third-order valence-electron chi connectivity index (χ3n) is 2.74. The van der Waals surface area contributed by atoms with Crippen LogP contribution in [-0.2, 0) is 4.79 Å². The summed E-state index contributed by atoms with van der Waals surface area (Å²) in [7, 11) is 0. The van der Waals surface area contributed by atoms with Gasteiger partial charge in [0, 0.05) is 32.0 Å². The number of alkyl halides is 3. The van der Waals surface area contributed by atoms with Crippen molar-refractivity contribution >= 4 is 5.91 Å². The Morgan fingerprint density at radius 1 is 1.44 bits per heavy atom. The summed E-state index contributed by atoms with van der Waals surface area (Å²) in [5.74, 6) is -0.679. The van der Waals surface area contributed by atoms with Crippen molar-refractivity contribution in [3.63, 3.8) is 0 Å². The maximum Gasteiger partial charge on any atom is 0.389 e. The smallest absolute Gasteiger partial charge is 0.341 e. The molecule has 2 atom stereocenters. The summed E-state index contributed by atoms with van der Waals surface area (Å²) in [4.78, 5) is 12.9. The molecule has 0 saturated carbocycles. The third-order valence-corrected chi connectivity index (χ3v) is 2.74. The average molecular weight is 238 g/mol. The molecule has 0 aromatic heterocycles. The zero-order valence-electron chi connectivity index (χ0n) is 9.26. The van der Waals surface area contributed by atoms with Gasteiger partial charge in [-0.2, -0.15) is 13.2 Å². The molecule has 3 nitrogen and oxygen atoms in total. The molecular formula is C10H17F3N2O. The number of nitrogens with two attached hydrogens (primary N) is 1. The van der Waals surface area contributed by atoms with E-state index in [1.165, 1.54) is 4.90 Å². The van der Waals surface area contributed by atoms with Crippen LogP contribution in [-0.4, -0.2) is 36.1 Å². The minimum atomic E-state index is -4.18. The van der Waals surface area contributed by atoms with Crippen LogP contribution < -0.4 is 5.73 Å². The first kappa shape index (κ1) is 13.3. The van der Waals surface area contributed by atoms with Crippen molar-refractivity contribution in [3.05, 3.63) is 0 Å². The van der Waals surface area contributed by atoms with Crippen LogP contribution in [0.1, 0.15) is 26.2 Å². The Labute approximate surface area is 92.8 Å². The predicted octanol–water partition coefficient (Wildman–Crippen LogP) is 1.52. The van der Waals surface area contributed by atoms with Crippen molar-refractivity contribution in [1.29, 1.82) is 0 Å². The van der Waals surface area contributed by atoms with Gasteiger partial charge in [-0.15, -0.1) is 0 Å². The lowest BCUT2D eigenvalue weighted by Gasteiger charge is -2.36. The van der Waals surface area contributed by atoms with Crippen LogP contribution in [0.25, 0.3) is 0 Å². The number of carbonyl (C=O) groups is 1. The van der Waals surface area contributed by atoms with Gasteiger partial charge in [-0.05, 0) is 12.3 Å². The third kappa shape index (κ3) is 4.00. The second kappa shape index (κ2) is 5.03. The van der Waals surface area contributed by atoms with Gasteiger partial charge in [-0.1, -0.05) is 6.92 Å². The number of hydrogen-bond acceptors (Lipinski definition) is 2. The molecule has 2 unspecified atom stereocenters. The lowest BCUT2D eigenvalue weighted by atomic mass is 9.91. The summed E-state index contributed by atoms with van der Waals surface area (Å²) >= 11 is 0. The maximum absolute atomic E-state index is 12.2. The minimum Gasteiger partial charge on any atom is -0.341 e. The molecule has 1 aliphatic rings. The average Bonchev–Trinajstić information content (AvgIpc) is 2.12. The molecule has 0 bridgehead atoms. The Balaban J connectivity index is 2.57. The highest BCUT2D eigenvalue weighted by Crippen LogP contribution is 2.30. The fourth-order valence-electron chi connectivity index (χ4n) is 2.15. The first-order chi connectivity index (χ1) is 7.31. The van der Waals surface area contributed by atoms with Crippen LogP contribution in [0.15, 0.2) is 0 Å². The summed E-state index contributed by atoms with van der Waals surface area (Å²) < 4.78 is 36.7. The van der Waals surface area contributed by atoms with E-state index in [1.807, 2.05) is 0 Å². The number of piperidine rings is 1. The van der Waals surface area contributed by atoms with Gasteiger partial charge in [0.05, 0.1) is 0 Å². The van der Waals surface area contributed by atoms with E-state index in [1.54, 1.807) is 6.92 Å². The predicted molar refractivity (Wildman–Crippen MR) is 53.6 cm³/mol. The van der Waals surface area contributed by atoms with Crippen molar-refractivity contribution in [1.82, 2.24) is 4.90 Å². The zero-order chi connectivity index (χ0) is 12.3. The van der Waals surface area contributed by atoms with E-state index >= 15 is 0 Å². The van der Waals surface area contributed by atoms with Crippen LogP contribution >= 0.6 is 0 Å². The number of hydrogen-bond donors (Lipinski definition) is 1. The molecule has 0 spiro atoms. The Morgan fingerprint density at radius 3 is 2.56 bits per heavy atom. The molecule has 6 heteroatoms. The lowest BCUT2D eigenvalue weighted by molar-refractivity contribution is -0.153. The van der Waals surface area contributed by atoms with Gasteiger partial charge in [0.15, 0.2) is 0 Å². The Kier molecular flexibility index (Phi) is 4.18. The molecule has 0 radical (unpaired) electrons. The fourth-order valence-corrected chi connectivity index (χ4v) is 2.15. The Morgan fingerprint density at radius 2 is 2.06 bits per heavy atom. The second-order valence-corrected chi connectivity index (χ2v) is 4.33. The maximum atomic E-state index is 12.2. The first-order valence-electron chi connectivity index (χ1n) is 5.42. The monoisotopic (exact) mass is 238 g/mol. The molecule has 0 aliphatic carbocycles. The largest absolute Gasteiger partial charge is 0.389 e. The summed E-state index contributed by atoms with van der Waals surface area (Å²) in [5.41, 5.74) is 5.67. The van der Waals surface area contributed by atoms with E-state index in [4.69, 9.17) is 5.73 Å². The number of likely N-dealkylation sites (tertiary alicyclic amines) is 1. The standard InChI is InChI=1S/C10H17F3N2O/c1-2-9(16)15-5-7(3-8(14)6-15)4-10(11,12)13/h7-8H,2-6,14H2,1H3. The number of carbonyl (C=O) groups excluding carboxylic acids is 1. The fraction of sp³-hybridized carbons (Fsp3) is 0.900. The van der Waals surface area contributed by atoms with E-state index in [2.05, 4.69) is 0 Å². The van der Waals surface area contributed by atoms with Crippen LogP contribution in [0.3, 0.4) is 0 Å². The summed E-state index contributed by atoms with van der Waals surface area (Å²) in [6.45, 7) is 2.25. The van der Waals surface area contributed by atoms with Crippen LogP contribution in [0.2, 0.25) is 0 Å². The first-order valence-corrected chi connectivity index (χ1v) is 5.42. The number of amides is 1. The molecule has 94 valence electrons. The molecule has 1 saturated heterocycles. The zero-order valence-corrected chi connectivity index (χ0v) is 9.26. The van der Waals surface area contributed by atoms with E-state index in [-0.39, 0.29) is 18.5 Å². The number of nitrogens with zero attached hydrogens (tertiary/aromatic N) is 1. The van der Waals surface area contributed by atoms with Crippen molar-refractivity contribution in [2.45, 2.75) is 38.4 Å². The minimum absolute atomic E-state index is 0.123. The lowest BCUT2D eigenvalue weighted by Crippen LogP contribution is -2.50. The molecular weight excluding hydrogens is 221 g/mol. The quantitative estimate of drug-likeness (QED) is 0.793. The summed E-state index contributed by atoms with van der Waals surface area (Å²) in [6, 6.07) is -0.336. The van der Waals surface area contributed by atoms with Crippen LogP contribution in [0.5, 0.6) is 0 Å². The highest BCUT2D eigenvalue weighted by molar-refractivity contribution is 5.76. The normalized spacial score (nSPS) is 26.9. The molecule has 0 aromatic rings. The van der Waals surface area contributed by atoms with Crippen molar-refractivity contribution in [3.8, 4) is 0 Å². The second-order valence-electron chi connectivity index (χ2n) is 4.33. The van der Waals surface area contributed by atoms with Crippen LogP contribution in [0.4, 0.5) is 13.2 Å². The molecule has 0 aromatic carbocycles. The van der Waals surface area contributed by atoms with Crippen molar-refractivity contribution < 1.29 is 18.0 Å². The van der Waals surface area contributed by atoms with Gasteiger partial charge in [0.1, 0.15) is 0 Å². The van der Waals surface area contributed by atoms with E-state index in [0.29, 0.717) is 19.4 Å². The van der Waals surface area contributed by atoms with E-state index in [0.717, 1.165) is 0 Å². The topological polar surface area (TPSA) is 46.3 Å². The Bertz CT molecular complexity index is 255. The highest BCUT2D eigenvalue weighted by Gasteiger charge is 2.36. The van der Waals surface area contributed by atoms with Crippen molar-refractivity contribution in [2.24, 2.45) is 11.7 Å². The number of rotatable bonds is 2. The van der Waals surface area contributed by atoms with Gasteiger partial charge in [0.25, 0.3) is 0 Å². The molecule has 1 amide bonds. The summed E-state index contributed by atoms with van der Waals surface area (Å²) in [6.07, 6.45) is -4.38. The SMILES string of the molecule is CCC(=O)N1CC(N)CC(CC(F)(F)F)C1. The van der Waals surface area contributed by atoms with Gasteiger partial charge < -0.3 is 10.6 Å². The van der Waals surface area contributed by atoms with Crippen LogP contribution in [0, 0.1) is 5.92 Å². The molecule has 1 heterocycles. The number of halogens is 3.